The Kier molecular flexibility index (Phi) is 13.0. The SMILES string of the molecule is CCCCCCCCCCCCn1ccc(=N)cc1.[Br-]. The van der Waals surface area contributed by atoms with Gasteiger partial charge in [0.25, 0.3) is 0 Å². The van der Waals surface area contributed by atoms with Crippen molar-refractivity contribution in [1.29, 1.82) is 5.41 Å². The fraction of sp³-hybridized carbons (Fsp3) is 0.706. The van der Waals surface area contributed by atoms with Gasteiger partial charge in [0.15, 0.2) is 0 Å². The molecular weight excluding hydrogens is 312 g/mol. The van der Waals surface area contributed by atoms with Crippen LogP contribution in [0.3, 0.4) is 0 Å². The molecule has 0 spiro atoms. The number of aromatic nitrogens is 1. The van der Waals surface area contributed by atoms with Crippen molar-refractivity contribution >= 4 is 0 Å². The molecule has 0 atom stereocenters. The van der Waals surface area contributed by atoms with E-state index in [9.17, 15) is 0 Å². The van der Waals surface area contributed by atoms with Crippen molar-refractivity contribution in [2.75, 3.05) is 0 Å². The molecule has 1 heterocycles. The van der Waals surface area contributed by atoms with Crippen LogP contribution in [0.2, 0.25) is 0 Å². The van der Waals surface area contributed by atoms with Crippen molar-refractivity contribution in [2.24, 2.45) is 0 Å². The van der Waals surface area contributed by atoms with Crippen molar-refractivity contribution in [3.8, 4) is 0 Å². The molecule has 3 heteroatoms. The first-order valence-electron chi connectivity index (χ1n) is 8.03. The standard InChI is InChI=1S/C17H30N2.BrH/c1-2-3-4-5-6-7-8-9-10-11-14-19-15-12-17(18)13-16-19;/h12-13,15-16,18H,2-11,14H2,1H3;1H/p-1. The van der Waals surface area contributed by atoms with Crippen molar-refractivity contribution in [1.82, 2.24) is 4.57 Å². The van der Waals surface area contributed by atoms with Gasteiger partial charge < -0.3 is 27.0 Å². The van der Waals surface area contributed by atoms with Crippen LogP contribution < -0.4 is 22.3 Å². The zero-order valence-corrected chi connectivity index (χ0v) is 14.5. The summed E-state index contributed by atoms with van der Waals surface area (Å²) in [5.74, 6) is 0. The number of pyridine rings is 1. The van der Waals surface area contributed by atoms with Gasteiger partial charge in [0.2, 0.25) is 0 Å². The van der Waals surface area contributed by atoms with E-state index in [0.717, 1.165) is 6.54 Å². The topological polar surface area (TPSA) is 28.8 Å². The predicted molar refractivity (Wildman–Crippen MR) is 82.1 cm³/mol. The monoisotopic (exact) mass is 341 g/mol. The third-order valence-electron chi connectivity index (χ3n) is 3.66. The minimum absolute atomic E-state index is 0. The Morgan fingerprint density at radius 2 is 1.25 bits per heavy atom. The second kappa shape index (κ2) is 13.4. The summed E-state index contributed by atoms with van der Waals surface area (Å²) in [6, 6.07) is 3.71. The molecule has 0 amide bonds. The highest BCUT2D eigenvalue weighted by molar-refractivity contribution is 4.90. The van der Waals surface area contributed by atoms with Gasteiger partial charge in [-0.05, 0) is 18.6 Å². The summed E-state index contributed by atoms with van der Waals surface area (Å²) < 4.78 is 2.18. The smallest absolute Gasteiger partial charge is 0.0568 e. The van der Waals surface area contributed by atoms with E-state index in [4.69, 9.17) is 5.41 Å². The highest BCUT2D eigenvalue weighted by atomic mass is 79.9. The van der Waals surface area contributed by atoms with Crippen LogP contribution in [0.5, 0.6) is 0 Å². The molecule has 0 radical (unpaired) electrons. The molecule has 0 aliphatic carbocycles. The summed E-state index contributed by atoms with van der Waals surface area (Å²) in [6.45, 7) is 3.37. The lowest BCUT2D eigenvalue weighted by molar-refractivity contribution is -0.00000440. The number of unbranched alkanes of at least 4 members (excludes halogenated alkanes) is 9. The summed E-state index contributed by atoms with van der Waals surface area (Å²) in [6.07, 6.45) is 17.9. The van der Waals surface area contributed by atoms with Crippen LogP contribution in [0.15, 0.2) is 24.5 Å². The largest absolute Gasteiger partial charge is 1.00 e. The number of nitrogens with one attached hydrogen (secondary N) is 1. The maximum atomic E-state index is 7.43. The van der Waals surface area contributed by atoms with Gasteiger partial charge in [0.05, 0.1) is 5.36 Å². The van der Waals surface area contributed by atoms with Gasteiger partial charge in [-0.1, -0.05) is 64.7 Å². The molecule has 0 saturated heterocycles. The molecule has 0 unspecified atom stereocenters. The molecule has 1 rings (SSSR count). The second-order valence-corrected chi connectivity index (χ2v) is 5.51. The Morgan fingerprint density at radius 1 is 0.800 bits per heavy atom. The van der Waals surface area contributed by atoms with E-state index in [1.807, 2.05) is 24.5 Å². The summed E-state index contributed by atoms with van der Waals surface area (Å²) in [7, 11) is 0. The van der Waals surface area contributed by atoms with Gasteiger partial charge in [0, 0.05) is 18.9 Å². The summed E-state index contributed by atoms with van der Waals surface area (Å²) in [5.41, 5.74) is 0. The third-order valence-corrected chi connectivity index (χ3v) is 3.66. The van der Waals surface area contributed by atoms with Crippen molar-refractivity contribution in [3.05, 3.63) is 29.9 Å². The Bertz CT molecular complexity index is 353. The van der Waals surface area contributed by atoms with Crippen molar-refractivity contribution < 1.29 is 17.0 Å². The molecule has 0 aromatic carbocycles. The lowest BCUT2D eigenvalue weighted by Crippen LogP contribution is -3.00. The van der Waals surface area contributed by atoms with Crippen LogP contribution in [0.25, 0.3) is 0 Å². The van der Waals surface area contributed by atoms with Crippen molar-refractivity contribution in [3.63, 3.8) is 0 Å². The van der Waals surface area contributed by atoms with Crippen LogP contribution in [0.4, 0.5) is 0 Å². The number of hydrogen-bond donors (Lipinski definition) is 1. The zero-order valence-electron chi connectivity index (χ0n) is 12.9. The Morgan fingerprint density at radius 3 is 1.75 bits per heavy atom. The molecule has 1 N–H and O–H groups in total. The number of nitrogens with zero attached hydrogens (tertiary/aromatic N) is 1. The van der Waals surface area contributed by atoms with Crippen molar-refractivity contribution in [2.45, 2.75) is 77.7 Å². The average molecular weight is 342 g/mol. The summed E-state index contributed by atoms with van der Waals surface area (Å²) in [5, 5.41) is 8.02. The fourth-order valence-corrected chi connectivity index (χ4v) is 2.39. The molecule has 0 aliphatic rings. The van der Waals surface area contributed by atoms with Gasteiger partial charge in [-0.3, -0.25) is 0 Å². The van der Waals surface area contributed by atoms with Crippen LogP contribution in [0, 0.1) is 5.41 Å². The molecule has 20 heavy (non-hydrogen) atoms. The average Bonchev–Trinajstić information content (AvgIpc) is 2.43. The van der Waals surface area contributed by atoms with E-state index < -0.39 is 0 Å². The Balaban J connectivity index is 0.00000361. The lowest BCUT2D eigenvalue weighted by Gasteiger charge is -2.06. The van der Waals surface area contributed by atoms with Gasteiger partial charge in [-0.15, -0.1) is 0 Å². The normalized spacial score (nSPS) is 10.2. The molecule has 0 aliphatic heterocycles. The minimum atomic E-state index is 0. The van der Waals surface area contributed by atoms with E-state index in [2.05, 4.69) is 11.5 Å². The van der Waals surface area contributed by atoms with Crippen LogP contribution in [-0.4, -0.2) is 4.57 Å². The Hall–Kier alpha value is -0.570. The van der Waals surface area contributed by atoms with E-state index >= 15 is 0 Å². The zero-order chi connectivity index (χ0) is 13.8. The van der Waals surface area contributed by atoms with E-state index in [0.29, 0.717) is 5.36 Å². The van der Waals surface area contributed by atoms with E-state index in [1.165, 1.54) is 64.2 Å². The minimum Gasteiger partial charge on any atom is -1.00 e. The molecule has 2 nitrogen and oxygen atoms in total. The van der Waals surface area contributed by atoms with Gasteiger partial charge >= 0.3 is 0 Å². The van der Waals surface area contributed by atoms with Gasteiger partial charge in [-0.25, -0.2) is 0 Å². The number of rotatable bonds is 11. The lowest BCUT2D eigenvalue weighted by atomic mass is 10.1. The molecule has 1 aromatic rings. The summed E-state index contributed by atoms with van der Waals surface area (Å²) >= 11 is 0. The highest BCUT2D eigenvalue weighted by Crippen LogP contribution is 2.10. The maximum Gasteiger partial charge on any atom is 0.0568 e. The molecule has 0 bridgehead atoms. The second-order valence-electron chi connectivity index (χ2n) is 5.51. The first-order valence-corrected chi connectivity index (χ1v) is 8.03. The van der Waals surface area contributed by atoms with E-state index in [-0.39, 0.29) is 17.0 Å². The predicted octanol–water partition coefficient (Wildman–Crippen LogP) is 1.89. The Labute approximate surface area is 134 Å². The number of halogens is 1. The maximum absolute atomic E-state index is 7.43. The number of aryl methyl sites for hydroxylation is 1. The van der Waals surface area contributed by atoms with E-state index in [1.54, 1.807) is 0 Å². The van der Waals surface area contributed by atoms with Gasteiger partial charge in [-0.2, -0.15) is 0 Å². The highest BCUT2D eigenvalue weighted by Gasteiger charge is 1.93. The quantitative estimate of drug-likeness (QED) is 0.595. The first-order chi connectivity index (χ1) is 9.33. The van der Waals surface area contributed by atoms with Crippen LogP contribution in [-0.2, 0) is 6.54 Å². The van der Waals surface area contributed by atoms with Gasteiger partial charge in [0.1, 0.15) is 0 Å². The fourth-order valence-electron chi connectivity index (χ4n) is 2.39. The van der Waals surface area contributed by atoms with Crippen LogP contribution >= 0.6 is 0 Å². The molecule has 1 aromatic heterocycles. The first kappa shape index (κ1) is 19.4. The third kappa shape index (κ3) is 10.2. The molecule has 0 fully saturated rings. The summed E-state index contributed by atoms with van der Waals surface area (Å²) in [4.78, 5) is 0. The molecule has 116 valence electrons. The van der Waals surface area contributed by atoms with Crippen LogP contribution in [0.1, 0.15) is 71.1 Å². The molecule has 0 saturated carbocycles. The molecular formula is C17H30BrN2-. The number of hydrogen-bond acceptors (Lipinski definition) is 1.